The van der Waals surface area contributed by atoms with Crippen LogP contribution in [0.4, 0.5) is 5.69 Å². The highest BCUT2D eigenvalue weighted by atomic mass is 16.5. The van der Waals surface area contributed by atoms with Crippen LogP contribution in [0.15, 0.2) is 18.2 Å². The Labute approximate surface area is 69.9 Å². The summed E-state index contributed by atoms with van der Waals surface area (Å²) in [6.45, 7) is 0.332. The third-order valence-corrected chi connectivity index (χ3v) is 1.39. The van der Waals surface area contributed by atoms with Gasteiger partial charge in [0.15, 0.2) is 5.75 Å². The Balaban J connectivity index is 2.94. The second-order valence-electron chi connectivity index (χ2n) is 2.12. The molecule has 0 aromatic heterocycles. The first-order chi connectivity index (χ1) is 5.77. The lowest BCUT2D eigenvalue weighted by Crippen LogP contribution is -1.95. The summed E-state index contributed by atoms with van der Waals surface area (Å²) < 4.78 is 9.48. The van der Waals surface area contributed by atoms with Crippen molar-refractivity contribution in [1.82, 2.24) is 0 Å². The van der Waals surface area contributed by atoms with Gasteiger partial charge in [0.05, 0.1) is 12.8 Å². The molecule has 2 N–H and O–H groups in total. The van der Waals surface area contributed by atoms with Crippen LogP contribution in [0.5, 0.6) is 11.5 Å². The van der Waals surface area contributed by atoms with Gasteiger partial charge in [-0.3, -0.25) is 4.79 Å². The van der Waals surface area contributed by atoms with Crippen molar-refractivity contribution >= 4 is 12.2 Å². The Morgan fingerprint density at radius 2 is 2.25 bits per heavy atom. The van der Waals surface area contributed by atoms with Gasteiger partial charge in [-0.05, 0) is 12.1 Å². The molecular weight excluding hydrogens is 158 g/mol. The molecule has 0 saturated heterocycles. The maximum Gasteiger partial charge on any atom is 0.298 e. The molecule has 0 bridgehead atoms. The lowest BCUT2D eigenvalue weighted by atomic mass is 10.3. The molecule has 0 aliphatic rings. The predicted molar refractivity (Wildman–Crippen MR) is 44.1 cm³/mol. The molecule has 0 amide bonds. The van der Waals surface area contributed by atoms with Crippen molar-refractivity contribution in [3.63, 3.8) is 0 Å². The number of benzene rings is 1. The monoisotopic (exact) mass is 167 g/mol. The van der Waals surface area contributed by atoms with Gasteiger partial charge in [0.2, 0.25) is 0 Å². The van der Waals surface area contributed by atoms with Crippen LogP contribution in [0.25, 0.3) is 0 Å². The second-order valence-corrected chi connectivity index (χ2v) is 2.12. The van der Waals surface area contributed by atoms with Crippen molar-refractivity contribution in [2.75, 3.05) is 12.8 Å². The van der Waals surface area contributed by atoms with Gasteiger partial charge in [-0.1, -0.05) is 0 Å². The van der Waals surface area contributed by atoms with Gasteiger partial charge in [0, 0.05) is 6.07 Å². The molecule has 0 heterocycles. The summed E-state index contributed by atoms with van der Waals surface area (Å²) in [6, 6.07) is 4.82. The highest BCUT2D eigenvalue weighted by Gasteiger charge is 2.00. The first-order valence-electron chi connectivity index (χ1n) is 3.31. The zero-order valence-electron chi connectivity index (χ0n) is 6.61. The lowest BCUT2D eigenvalue weighted by Gasteiger charge is -2.04. The van der Waals surface area contributed by atoms with Crippen LogP contribution < -0.4 is 15.2 Å². The average molecular weight is 167 g/mol. The Morgan fingerprint density at radius 3 is 2.75 bits per heavy atom. The van der Waals surface area contributed by atoms with E-state index in [0.29, 0.717) is 23.7 Å². The van der Waals surface area contributed by atoms with Crippen molar-refractivity contribution in [3.8, 4) is 11.5 Å². The molecule has 0 atom stereocenters. The molecule has 4 nitrogen and oxygen atoms in total. The molecule has 0 aliphatic heterocycles. The number of hydrogen-bond acceptors (Lipinski definition) is 4. The Bertz CT molecular complexity index is 286. The fourth-order valence-electron chi connectivity index (χ4n) is 0.813. The Kier molecular flexibility index (Phi) is 2.53. The maximum atomic E-state index is 9.97. The molecule has 1 rings (SSSR count). The van der Waals surface area contributed by atoms with Gasteiger partial charge in [0.25, 0.3) is 6.47 Å². The second kappa shape index (κ2) is 3.61. The summed E-state index contributed by atoms with van der Waals surface area (Å²) in [5.74, 6) is 0.969. The van der Waals surface area contributed by atoms with Crippen LogP contribution in [0.2, 0.25) is 0 Å². The SMILES string of the molecule is COc1ccc(OC=O)c(N)c1. The van der Waals surface area contributed by atoms with E-state index in [4.69, 9.17) is 10.5 Å². The van der Waals surface area contributed by atoms with E-state index in [1.54, 1.807) is 18.2 Å². The van der Waals surface area contributed by atoms with Crippen molar-refractivity contribution in [3.05, 3.63) is 18.2 Å². The van der Waals surface area contributed by atoms with Crippen molar-refractivity contribution in [1.29, 1.82) is 0 Å². The summed E-state index contributed by atoms with van der Waals surface area (Å²) in [6.07, 6.45) is 0. The molecule has 4 heteroatoms. The number of anilines is 1. The molecule has 12 heavy (non-hydrogen) atoms. The number of carbonyl (C=O) groups is 1. The van der Waals surface area contributed by atoms with E-state index in [9.17, 15) is 4.79 Å². The zero-order valence-corrected chi connectivity index (χ0v) is 6.61. The van der Waals surface area contributed by atoms with Crippen LogP contribution in [-0.4, -0.2) is 13.6 Å². The van der Waals surface area contributed by atoms with Gasteiger partial charge < -0.3 is 15.2 Å². The molecule has 64 valence electrons. The molecule has 1 aromatic carbocycles. The minimum absolute atomic E-state index is 0.332. The summed E-state index contributed by atoms with van der Waals surface area (Å²) in [4.78, 5) is 9.97. The van der Waals surface area contributed by atoms with E-state index >= 15 is 0 Å². The zero-order chi connectivity index (χ0) is 8.97. The van der Waals surface area contributed by atoms with E-state index in [1.165, 1.54) is 7.11 Å². The highest BCUT2D eigenvalue weighted by molar-refractivity contribution is 5.60. The van der Waals surface area contributed by atoms with Crippen LogP contribution in [0.3, 0.4) is 0 Å². The quantitative estimate of drug-likeness (QED) is 0.534. The Morgan fingerprint density at radius 1 is 1.50 bits per heavy atom. The van der Waals surface area contributed by atoms with E-state index in [-0.39, 0.29) is 0 Å². The fraction of sp³-hybridized carbons (Fsp3) is 0.125. The molecule has 0 aliphatic carbocycles. The first-order valence-corrected chi connectivity index (χ1v) is 3.31. The third kappa shape index (κ3) is 1.66. The number of hydrogen-bond donors (Lipinski definition) is 1. The molecular formula is C8H9NO3. The summed E-state index contributed by atoms with van der Waals surface area (Å²) in [5.41, 5.74) is 5.90. The highest BCUT2D eigenvalue weighted by Crippen LogP contribution is 2.25. The van der Waals surface area contributed by atoms with Gasteiger partial charge in [-0.25, -0.2) is 0 Å². The van der Waals surface area contributed by atoms with E-state index in [2.05, 4.69) is 4.74 Å². The van der Waals surface area contributed by atoms with Crippen LogP contribution in [-0.2, 0) is 4.79 Å². The lowest BCUT2D eigenvalue weighted by molar-refractivity contribution is -0.120. The number of nitrogens with two attached hydrogens (primary N) is 1. The minimum atomic E-state index is 0.332. The van der Waals surface area contributed by atoms with Crippen LogP contribution in [0.1, 0.15) is 0 Å². The largest absolute Gasteiger partial charge is 0.497 e. The molecule has 0 fully saturated rings. The molecule has 1 aromatic rings. The molecule has 0 spiro atoms. The third-order valence-electron chi connectivity index (χ3n) is 1.39. The Hall–Kier alpha value is -1.71. The van der Waals surface area contributed by atoms with Crippen LogP contribution >= 0.6 is 0 Å². The fourth-order valence-corrected chi connectivity index (χ4v) is 0.813. The van der Waals surface area contributed by atoms with Gasteiger partial charge in [0.1, 0.15) is 5.75 Å². The molecule has 0 radical (unpaired) electrons. The standard InChI is InChI=1S/C8H9NO3/c1-11-6-2-3-8(12-5-10)7(9)4-6/h2-5H,9H2,1H3. The molecule has 0 saturated carbocycles. The summed E-state index contributed by atoms with van der Waals surface area (Å²) >= 11 is 0. The number of rotatable bonds is 3. The topological polar surface area (TPSA) is 61.5 Å². The van der Waals surface area contributed by atoms with E-state index in [0.717, 1.165) is 0 Å². The van der Waals surface area contributed by atoms with Crippen LogP contribution in [0, 0.1) is 0 Å². The maximum absolute atomic E-state index is 9.97. The van der Waals surface area contributed by atoms with Gasteiger partial charge in [-0.2, -0.15) is 0 Å². The summed E-state index contributed by atoms with van der Waals surface area (Å²) in [7, 11) is 1.54. The van der Waals surface area contributed by atoms with E-state index in [1.807, 2.05) is 0 Å². The van der Waals surface area contributed by atoms with Crippen molar-refractivity contribution < 1.29 is 14.3 Å². The number of carbonyl (C=O) groups excluding carboxylic acids is 1. The number of methoxy groups -OCH3 is 1. The smallest absolute Gasteiger partial charge is 0.298 e. The van der Waals surface area contributed by atoms with Gasteiger partial charge in [-0.15, -0.1) is 0 Å². The number of ether oxygens (including phenoxy) is 2. The van der Waals surface area contributed by atoms with E-state index < -0.39 is 0 Å². The average Bonchev–Trinajstić information content (AvgIpc) is 2.09. The summed E-state index contributed by atoms with van der Waals surface area (Å²) in [5, 5.41) is 0. The van der Waals surface area contributed by atoms with Gasteiger partial charge >= 0.3 is 0 Å². The first kappa shape index (κ1) is 8.39. The predicted octanol–water partition coefficient (Wildman–Crippen LogP) is 0.813. The van der Waals surface area contributed by atoms with Crippen molar-refractivity contribution in [2.24, 2.45) is 0 Å². The van der Waals surface area contributed by atoms with Crippen molar-refractivity contribution in [2.45, 2.75) is 0 Å². The minimum Gasteiger partial charge on any atom is -0.497 e. The normalized spacial score (nSPS) is 9.08. The number of nitrogen functional groups attached to an aromatic ring is 1. The molecule has 0 unspecified atom stereocenters.